The summed E-state index contributed by atoms with van der Waals surface area (Å²) in [6.07, 6.45) is 2.14. The lowest BCUT2D eigenvalue weighted by molar-refractivity contribution is 0.0473. The lowest BCUT2D eigenvalue weighted by Gasteiger charge is -2.33. The van der Waals surface area contributed by atoms with Gasteiger partial charge < -0.3 is 19.5 Å². The molecule has 6 heteroatoms. The smallest absolute Gasteiger partial charge is 0.338 e. The third kappa shape index (κ3) is 4.62. The van der Waals surface area contributed by atoms with E-state index < -0.39 is 5.97 Å². The second kappa shape index (κ2) is 9.21. The molecule has 1 N–H and O–H groups in total. The summed E-state index contributed by atoms with van der Waals surface area (Å²) < 4.78 is 30.7. The van der Waals surface area contributed by atoms with Gasteiger partial charge in [0.2, 0.25) is 0 Å². The second-order valence-electron chi connectivity index (χ2n) is 8.84. The number of benzene rings is 3. The summed E-state index contributed by atoms with van der Waals surface area (Å²) in [5.41, 5.74) is 5.22. The minimum Gasteiger partial charge on any atom is -0.497 e. The fourth-order valence-corrected chi connectivity index (χ4v) is 4.44. The highest BCUT2D eigenvalue weighted by Gasteiger charge is 2.27. The summed E-state index contributed by atoms with van der Waals surface area (Å²) in [7, 11) is 3.12. The quantitative estimate of drug-likeness (QED) is 0.426. The van der Waals surface area contributed by atoms with Crippen molar-refractivity contribution >= 4 is 17.2 Å². The van der Waals surface area contributed by atoms with Crippen molar-refractivity contribution in [3.63, 3.8) is 0 Å². The Bertz CT molecular complexity index is 1260. The molecule has 0 atom stereocenters. The highest BCUT2D eigenvalue weighted by atomic mass is 19.1. The number of rotatable bonds is 6. The van der Waals surface area contributed by atoms with Gasteiger partial charge in [0.25, 0.3) is 0 Å². The predicted molar refractivity (Wildman–Crippen MR) is 132 cm³/mol. The molecule has 4 rings (SSSR count). The van der Waals surface area contributed by atoms with E-state index in [1.54, 1.807) is 44.6 Å². The molecule has 5 nitrogen and oxygen atoms in total. The molecule has 1 aliphatic heterocycles. The minimum absolute atomic E-state index is 0.0102. The van der Waals surface area contributed by atoms with Gasteiger partial charge in [-0.15, -0.1) is 0 Å². The summed E-state index contributed by atoms with van der Waals surface area (Å²) in [5.74, 6) is 0.364. The number of allylic oxidation sites excluding steroid dienone is 1. The van der Waals surface area contributed by atoms with Gasteiger partial charge in [0.15, 0.2) is 0 Å². The first kappa shape index (κ1) is 23.4. The monoisotopic (exact) mass is 461 g/mol. The van der Waals surface area contributed by atoms with E-state index in [4.69, 9.17) is 14.2 Å². The molecule has 0 radical (unpaired) electrons. The van der Waals surface area contributed by atoms with Crippen LogP contribution in [-0.2, 0) is 11.3 Å². The van der Waals surface area contributed by atoms with Crippen molar-refractivity contribution in [1.29, 1.82) is 0 Å². The van der Waals surface area contributed by atoms with Crippen LogP contribution in [-0.4, -0.2) is 25.7 Å². The van der Waals surface area contributed by atoms with Crippen LogP contribution in [0.5, 0.6) is 11.5 Å². The number of esters is 1. The Hall–Kier alpha value is -3.80. The van der Waals surface area contributed by atoms with Crippen molar-refractivity contribution in [3.8, 4) is 22.6 Å². The number of anilines is 1. The number of hydrogen-bond donors (Lipinski definition) is 1. The molecule has 0 aliphatic carbocycles. The molecule has 0 aromatic heterocycles. The van der Waals surface area contributed by atoms with E-state index in [-0.39, 0.29) is 18.0 Å². The van der Waals surface area contributed by atoms with Crippen LogP contribution in [0.4, 0.5) is 10.1 Å². The van der Waals surface area contributed by atoms with E-state index >= 15 is 0 Å². The number of ether oxygens (including phenoxy) is 3. The van der Waals surface area contributed by atoms with Gasteiger partial charge in [-0.2, -0.15) is 0 Å². The number of carbonyl (C=O) groups is 1. The number of methoxy groups -OCH3 is 2. The first-order valence-corrected chi connectivity index (χ1v) is 11.0. The van der Waals surface area contributed by atoms with Crippen molar-refractivity contribution in [2.45, 2.75) is 32.9 Å². The van der Waals surface area contributed by atoms with Gasteiger partial charge in [-0.3, -0.25) is 0 Å². The number of halogens is 1. The Balaban J connectivity index is 1.79. The minimum atomic E-state index is -0.455. The maximum absolute atomic E-state index is 14.2. The van der Waals surface area contributed by atoms with Gasteiger partial charge in [-0.25, -0.2) is 9.18 Å². The van der Waals surface area contributed by atoms with Gasteiger partial charge >= 0.3 is 5.97 Å². The van der Waals surface area contributed by atoms with Crippen molar-refractivity contribution < 1.29 is 23.4 Å². The molecule has 0 saturated carbocycles. The number of carbonyl (C=O) groups excluding carboxylic acids is 1. The Labute approximate surface area is 199 Å². The van der Waals surface area contributed by atoms with Crippen LogP contribution in [0.2, 0.25) is 0 Å². The highest BCUT2D eigenvalue weighted by molar-refractivity contribution is 5.91. The summed E-state index contributed by atoms with van der Waals surface area (Å²) in [6.45, 7) is 6.22. The molecule has 34 heavy (non-hydrogen) atoms. The van der Waals surface area contributed by atoms with Gasteiger partial charge in [0, 0.05) is 22.4 Å². The molecule has 0 saturated heterocycles. The average Bonchev–Trinajstić information content (AvgIpc) is 2.81. The number of fused-ring (bicyclic) bond motifs is 1. The lowest BCUT2D eigenvalue weighted by atomic mass is 9.85. The molecule has 0 fully saturated rings. The third-order valence-electron chi connectivity index (χ3n) is 5.87. The standard InChI is InChI=1S/C28H28FNO4/c1-17-15-28(2,3)30-24-12-11-21(22-14-19(29)8-13-25(22)33-5)23(26(17)24)16-34-27(31)18-6-9-20(32-4)10-7-18/h6-15,30H,16H2,1-5H3. The molecular formula is C28H28FNO4. The Kier molecular flexibility index (Phi) is 6.33. The summed E-state index contributed by atoms with van der Waals surface area (Å²) in [4.78, 5) is 12.8. The van der Waals surface area contributed by atoms with E-state index in [1.807, 2.05) is 19.1 Å². The van der Waals surface area contributed by atoms with E-state index in [1.165, 1.54) is 12.1 Å². The molecular weight excluding hydrogens is 433 g/mol. The Morgan fingerprint density at radius 3 is 2.38 bits per heavy atom. The van der Waals surface area contributed by atoms with Crippen LogP contribution in [0, 0.1) is 5.82 Å². The Morgan fingerprint density at radius 1 is 0.971 bits per heavy atom. The molecule has 3 aromatic rings. The van der Waals surface area contributed by atoms with Crippen molar-refractivity contribution in [2.75, 3.05) is 19.5 Å². The zero-order valence-corrected chi connectivity index (χ0v) is 20.0. The first-order valence-electron chi connectivity index (χ1n) is 11.0. The van der Waals surface area contributed by atoms with Gasteiger partial charge in [-0.05, 0) is 80.4 Å². The maximum Gasteiger partial charge on any atom is 0.338 e. The van der Waals surface area contributed by atoms with Crippen LogP contribution in [0.1, 0.15) is 42.3 Å². The van der Waals surface area contributed by atoms with E-state index in [9.17, 15) is 9.18 Å². The SMILES string of the molecule is COc1ccc(C(=O)OCc2c(-c3cc(F)ccc3OC)ccc3c2C(C)=CC(C)(C)N3)cc1. The molecule has 176 valence electrons. The fraction of sp³-hybridized carbons (Fsp3) is 0.250. The molecule has 0 amide bonds. The van der Waals surface area contributed by atoms with E-state index in [0.717, 1.165) is 28.0 Å². The first-order chi connectivity index (χ1) is 16.2. The van der Waals surface area contributed by atoms with Gasteiger partial charge in [-0.1, -0.05) is 12.1 Å². The second-order valence-corrected chi connectivity index (χ2v) is 8.84. The van der Waals surface area contributed by atoms with Crippen molar-refractivity contribution in [3.05, 3.63) is 83.2 Å². The zero-order valence-electron chi connectivity index (χ0n) is 20.0. The van der Waals surface area contributed by atoms with E-state index in [0.29, 0.717) is 22.6 Å². The van der Waals surface area contributed by atoms with E-state index in [2.05, 4.69) is 25.2 Å². The number of hydrogen-bond acceptors (Lipinski definition) is 5. The topological polar surface area (TPSA) is 56.8 Å². The average molecular weight is 462 g/mol. The zero-order chi connectivity index (χ0) is 24.5. The van der Waals surface area contributed by atoms with Crippen molar-refractivity contribution in [1.82, 2.24) is 0 Å². The van der Waals surface area contributed by atoms with Crippen LogP contribution < -0.4 is 14.8 Å². The van der Waals surface area contributed by atoms with Crippen LogP contribution >= 0.6 is 0 Å². The largest absolute Gasteiger partial charge is 0.497 e. The van der Waals surface area contributed by atoms with Gasteiger partial charge in [0.05, 0.1) is 25.3 Å². The van der Waals surface area contributed by atoms with Gasteiger partial charge in [0.1, 0.15) is 23.9 Å². The van der Waals surface area contributed by atoms with Crippen LogP contribution in [0.15, 0.2) is 60.7 Å². The summed E-state index contributed by atoms with van der Waals surface area (Å²) in [5, 5.41) is 3.52. The molecule has 0 spiro atoms. The molecule has 1 aliphatic rings. The Morgan fingerprint density at radius 2 is 1.71 bits per heavy atom. The van der Waals surface area contributed by atoms with Crippen LogP contribution in [0.25, 0.3) is 16.7 Å². The maximum atomic E-state index is 14.2. The molecule has 3 aromatic carbocycles. The van der Waals surface area contributed by atoms with Crippen molar-refractivity contribution in [2.24, 2.45) is 0 Å². The predicted octanol–water partition coefficient (Wildman–Crippen LogP) is 6.47. The lowest BCUT2D eigenvalue weighted by Crippen LogP contribution is -2.32. The highest BCUT2D eigenvalue weighted by Crippen LogP contribution is 2.42. The summed E-state index contributed by atoms with van der Waals surface area (Å²) in [6, 6.07) is 15.0. The third-order valence-corrected chi connectivity index (χ3v) is 5.87. The normalized spacial score (nSPS) is 13.9. The molecule has 0 bridgehead atoms. The molecule has 0 unspecified atom stereocenters. The van der Waals surface area contributed by atoms with Crippen LogP contribution in [0.3, 0.4) is 0 Å². The fourth-order valence-electron chi connectivity index (χ4n) is 4.44. The number of nitrogens with one attached hydrogen (secondary N) is 1. The summed E-state index contributed by atoms with van der Waals surface area (Å²) >= 11 is 0. The molecule has 1 heterocycles.